The van der Waals surface area contributed by atoms with Crippen LogP contribution >= 0.6 is 0 Å². The Morgan fingerprint density at radius 1 is 1.00 bits per heavy atom. The van der Waals surface area contributed by atoms with E-state index in [9.17, 15) is 9.59 Å². The minimum atomic E-state index is -0.257. The summed E-state index contributed by atoms with van der Waals surface area (Å²) < 4.78 is 1.93. The largest absolute Gasteiger partial charge is 0.343 e. The van der Waals surface area contributed by atoms with Crippen molar-refractivity contribution in [2.45, 2.75) is 27.3 Å². The number of nitrogens with zero attached hydrogens (tertiary/aromatic N) is 3. The molecule has 2 aromatic carbocycles. The molecule has 1 N–H and O–H groups in total. The van der Waals surface area contributed by atoms with Gasteiger partial charge in [0.25, 0.3) is 5.91 Å². The molecule has 29 heavy (non-hydrogen) atoms. The van der Waals surface area contributed by atoms with E-state index in [2.05, 4.69) is 23.4 Å². The maximum atomic E-state index is 12.5. The van der Waals surface area contributed by atoms with Crippen molar-refractivity contribution in [1.29, 1.82) is 0 Å². The summed E-state index contributed by atoms with van der Waals surface area (Å²) in [5.41, 5.74) is 5.61. The molecule has 0 unspecified atom stereocenters. The van der Waals surface area contributed by atoms with E-state index in [1.54, 1.807) is 36.2 Å². The summed E-state index contributed by atoms with van der Waals surface area (Å²) in [5.74, 6) is -0.413. The van der Waals surface area contributed by atoms with E-state index < -0.39 is 0 Å². The Labute approximate surface area is 171 Å². The predicted octanol–water partition coefficient (Wildman–Crippen LogP) is 3.19. The summed E-state index contributed by atoms with van der Waals surface area (Å²) in [6, 6.07) is 16.9. The Morgan fingerprint density at radius 2 is 1.66 bits per heavy atom. The first-order valence-corrected chi connectivity index (χ1v) is 9.56. The highest BCUT2D eigenvalue weighted by molar-refractivity contribution is 5.96. The van der Waals surface area contributed by atoms with Gasteiger partial charge in [0.15, 0.2) is 0 Å². The molecule has 0 aliphatic rings. The molecule has 3 rings (SSSR count). The van der Waals surface area contributed by atoms with Gasteiger partial charge >= 0.3 is 0 Å². The Hall–Kier alpha value is -3.41. The van der Waals surface area contributed by atoms with Crippen LogP contribution in [0.25, 0.3) is 5.69 Å². The van der Waals surface area contributed by atoms with Gasteiger partial charge in [-0.2, -0.15) is 5.10 Å². The Morgan fingerprint density at radius 3 is 2.34 bits per heavy atom. The van der Waals surface area contributed by atoms with Crippen molar-refractivity contribution in [3.05, 3.63) is 82.7 Å². The van der Waals surface area contributed by atoms with Crippen molar-refractivity contribution in [1.82, 2.24) is 20.0 Å². The van der Waals surface area contributed by atoms with Crippen LogP contribution in [-0.2, 0) is 11.3 Å². The first kappa shape index (κ1) is 20.3. The van der Waals surface area contributed by atoms with Gasteiger partial charge in [-0.3, -0.25) is 9.59 Å². The number of likely N-dealkylation sites (N-methyl/N-ethyl adjacent to an activating group) is 1. The number of hydrogen-bond donors (Lipinski definition) is 1. The maximum absolute atomic E-state index is 12.5. The summed E-state index contributed by atoms with van der Waals surface area (Å²) in [4.78, 5) is 26.3. The van der Waals surface area contributed by atoms with Crippen molar-refractivity contribution >= 4 is 11.8 Å². The van der Waals surface area contributed by atoms with Crippen LogP contribution in [-0.4, -0.2) is 40.1 Å². The number of amides is 2. The lowest BCUT2D eigenvalue weighted by molar-refractivity contribution is -0.129. The summed E-state index contributed by atoms with van der Waals surface area (Å²) in [6.45, 7) is 6.40. The van der Waals surface area contributed by atoms with Gasteiger partial charge in [0.1, 0.15) is 0 Å². The van der Waals surface area contributed by atoms with Gasteiger partial charge in [0.2, 0.25) is 5.91 Å². The van der Waals surface area contributed by atoms with Crippen LogP contribution in [0.2, 0.25) is 0 Å². The highest BCUT2D eigenvalue weighted by Gasteiger charge is 2.18. The van der Waals surface area contributed by atoms with E-state index in [0.29, 0.717) is 12.1 Å². The van der Waals surface area contributed by atoms with Crippen molar-refractivity contribution in [2.75, 3.05) is 13.6 Å². The molecule has 2 amide bonds. The molecule has 0 atom stereocenters. The van der Waals surface area contributed by atoms with E-state index in [1.165, 1.54) is 0 Å². The number of rotatable bonds is 6. The number of para-hydroxylation sites is 1. The monoisotopic (exact) mass is 390 g/mol. The van der Waals surface area contributed by atoms with Gasteiger partial charge in [-0.1, -0.05) is 36.4 Å². The van der Waals surface area contributed by atoms with Gasteiger partial charge in [-0.15, -0.1) is 0 Å². The van der Waals surface area contributed by atoms with Crippen LogP contribution in [0.4, 0.5) is 0 Å². The second kappa shape index (κ2) is 8.73. The fourth-order valence-corrected chi connectivity index (χ4v) is 3.25. The highest BCUT2D eigenvalue weighted by atomic mass is 16.2. The number of aromatic nitrogens is 2. The molecule has 150 valence electrons. The Balaban J connectivity index is 1.67. The normalized spacial score (nSPS) is 10.6. The molecular formula is C23H26N4O2. The zero-order valence-electron chi connectivity index (χ0n) is 17.3. The molecule has 1 heterocycles. The van der Waals surface area contributed by atoms with E-state index >= 15 is 0 Å². The average Bonchev–Trinajstić information content (AvgIpc) is 3.00. The van der Waals surface area contributed by atoms with Crippen LogP contribution in [0.1, 0.15) is 32.9 Å². The smallest absolute Gasteiger partial charge is 0.251 e. The van der Waals surface area contributed by atoms with E-state index in [1.807, 2.05) is 42.8 Å². The third-order valence-electron chi connectivity index (χ3n) is 5.04. The van der Waals surface area contributed by atoms with Crippen LogP contribution in [0, 0.1) is 20.8 Å². The number of benzene rings is 2. The fourth-order valence-electron chi connectivity index (χ4n) is 3.25. The summed E-state index contributed by atoms with van der Waals surface area (Å²) >= 11 is 0. The molecule has 0 bridgehead atoms. The van der Waals surface area contributed by atoms with Crippen molar-refractivity contribution < 1.29 is 9.59 Å². The summed E-state index contributed by atoms with van der Waals surface area (Å²) in [5, 5.41) is 7.36. The molecule has 0 radical (unpaired) electrons. The minimum Gasteiger partial charge on any atom is -0.343 e. The third kappa shape index (κ3) is 4.54. The van der Waals surface area contributed by atoms with E-state index in [0.717, 1.165) is 28.2 Å². The lowest BCUT2D eigenvalue weighted by atomic mass is 10.1. The zero-order valence-corrected chi connectivity index (χ0v) is 17.3. The Kier molecular flexibility index (Phi) is 6.12. The highest BCUT2D eigenvalue weighted by Crippen LogP contribution is 2.21. The molecule has 6 heteroatoms. The van der Waals surface area contributed by atoms with Gasteiger partial charge in [-0.05, 0) is 44.5 Å². The standard InChI is InChI=1S/C23H26N4O2/c1-16-10-8-9-13-21(16)27-18(3)20(17(2)25-27)15-26(4)22(28)14-24-23(29)19-11-6-5-7-12-19/h5-13H,14-15H2,1-4H3,(H,24,29). The Bertz CT molecular complexity index is 1020. The van der Waals surface area contributed by atoms with Crippen molar-refractivity contribution in [3.8, 4) is 5.69 Å². The van der Waals surface area contributed by atoms with Gasteiger partial charge < -0.3 is 10.2 Å². The number of aryl methyl sites for hydroxylation is 2. The van der Waals surface area contributed by atoms with Gasteiger partial charge in [-0.25, -0.2) is 4.68 Å². The second-order valence-corrected chi connectivity index (χ2v) is 7.15. The first-order chi connectivity index (χ1) is 13.9. The number of carbonyl (C=O) groups excluding carboxylic acids is 2. The van der Waals surface area contributed by atoms with Crippen LogP contribution in [0.5, 0.6) is 0 Å². The minimum absolute atomic E-state index is 0.0474. The molecule has 0 fully saturated rings. The molecular weight excluding hydrogens is 364 g/mol. The fraction of sp³-hybridized carbons (Fsp3) is 0.261. The van der Waals surface area contributed by atoms with Crippen LogP contribution < -0.4 is 5.32 Å². The SMILES string of the molecule is Cc1ccccc1-n1nc(C)c(CN(C)C(=O)CNC(=O)c2ccccc2)c1C. The molecule has 0 aliphatic heterocycles. The molecule has 0 saturated heterocycles. The number of hydrogen-bond acceptors (Lipinski definition) is 3. The van der Waals surface area contributed by atoms with E-state index in [-0.39, 0.29) is 18.4 Å². The van der Waals surface area contributed by atoms with Crippen molar-refractivity contribution in [2.24, 2.45) is 0 Å². The van der Waals surface area contributed by atoms with Crippen LogP contribution in [0.3, 0.4) is 0 Å². The van der Waals surface area contributed by atoms with Crippen LogP contribution in [0.15, 0.2) is 54.6 Å². The third-order valence-corrected chi connectivity index (χ3v) is 5.04. The zero-order chi connectivity index (χ0) is 21.0. The number of carbonyl (C=O) groups is 2. The molecule has 3 aromatic rings. The molecule has 0 aliphatic carbocycles. The molecule has 1 aromatic heterocycles. The maximum Gasteiger partial charge on any atom is 0.251 e. The first-order valence-electron chi connectivity index (χ1n) is 9.56. The lowest BCUT2D eigenvalue weighted by Crippen LogP contribution is -2.38. The van der Waals surface area contributed by atoms with E-state index in [4.69, 9.17) is 0 Å². The number of nitrogens with one attached hydrogen (secondary N) is 1. The lowest BCUT2D eigenvalue weighted by Gasteiger charge is -2.18. The van der Waals surface area contributed by atoms with Gasteiger partial charge in [0.05, 0.1) is 17.9 Å². The summed E-state index contributed by atoms with van der Waals surface area (Å²) in [7, 11) is 1.74. The quantitative estimate of drug-likeness (QED) is 0.703. The molecule has 6 nitrogen and oxygen atoms in total. The molecule has 0 saturated carbocycles. The topological polar surface area (TPSA) is 67.2 Å². The van der Waals surface area contributed by atoms with Crippen molar-refractivity contribution in [3.63, 3.8) is 0 Å². The summed E-state index contributed by atoms with van der Waals surface area (Å²) in [6.07, 6.45) is 0. The average molecular weight is 390 g/mol. The second-order valence-electron chi connectivity index (χ2n) is 7.15. The van der Waals surface area contributed by atoms with Gasteiger partial charge in [0, 0.05) is 30.4 Å². The molecule has 0 spiro atoms. The predicted molar refractivity (Wildman–Crippen MR) is 113 cm³/mol.